The van der Waals surface area contributed by atoms with Crippen LogP contribution < -0.4 is 5.32 Å². The van der Waals surface area contributed by atoms with Crippen molar-refractivity contribution in [3.05, 3.63) is 41.6 Å². The highest BCUT2D eigenvalue weighted by Crippen LogP contribution is 2.23. The summed E-state index contributed by atoms with van der Waals surface area (Å²) in [6.45, 7) is 5.80. The van der Waals surface area contributed by atoms with Gasteiger partial charge >= 0.3 is 0 Å². The van der Waals surface area contributed by atoms with Crippen LogP contribution in [0.2, 0.25) is 0 Å². The van der Waals surface area contributed by atoms with Crippen LogP contribution in [0.1, 0.15) is 24.3 Å². The van der Waals surface area contributed by atoms with Crippen molar-refractivity contribution in [2.24, 2.45) is 0 Å². The normalized spacial score (nSPS) is 10.8. The van der Waals surface area contributed by atoms with E-state index >= 15 is 0 Å². The van der Waals surface area contributed by atoms with Gasteiger partial charge in [-0.2, -0.15) is 0 Å². The predicted octanol–water partition coefficient (Wildman–Crippen LogP) is 2.78. The number of hydrogen-bond donors (Lipinski definition) is 1. The lowest BCUT2D eigenvalue weighted by Gasteiger charge is -2.04. The zero-order valence-corrected chi connectivity index (χ0v) is 11.5. The van der Waals surface area contributed by atoms with Crippen LogP contribution in [0.5, 0.6) is 0 Å². The van der Waals surface area contributed by atoms with Crippen LogP contribution in [-0.2, 0) is 12.3 Å². The number of rotatable bonds is 6. The monoisotopic (exact) mass is 263 g/mol. The first-order chi connectivity index (χ1) is 8.78. The third-order valence-corrected chi connectivity index (χ3v) is 3.39. The Bertz CT molecular complexity index is 498. The minimum absolute atomic E-state index is 0.617. The molecule has 0 fully saturated rings. The Balaban J connectivity index is 1.92. The van der Waals surface area contributed by atoms with Crippen molar-refractivity contribution < 1.29 is 4.42 Å². The summed E-state index contributed by atoms with van der Waals surface area (Å²) >= 11 is 1.71. The van der Waals surface area contributed by atoms with Crippen LogP contribution in [0.15, 0.2) is 33.6 Å². The summed E-state index contributed by atoms with van der Waals surface area (Å²) in [6.07, 6.45) is 0. The standard InChI is InChI=1S/C13H17N3OS/c1-3-14-8-11-5-4-6-12(7-11)18-9-13-16-15-10(2)17-13/h4-7,14H,3,8-9H2,1-2H3. The summed E-state index contributed by atoms with van der Waals surface area (Å²) in [7, 11) is 0. The van der Waals surface area contributed by atoms with Gasteiger partial charge in [-0.05, 0) is 24.2 Å². The van der Waals surface area contributed by atoms with Gasteiger partial charge in [-0.1, -0.05) is 19.1 Å². The molecule has 18 heavy (non-hydrogen) atoms. The zero-order valence-electron chi connectivity index (χ0n) is 10.6. The Labute approximate surface area is 111 Å². The van der Waals surface area contributed by atoms with E-state index in [1.54, 1.807) is 18.7 Å². The molecule has 0 atom stereocenters. The van der Waals surface area contributed by atoms with Crippen LogP contribution in [0.25, 0.3) is 0 Å². The lowest BCUT2D eigenvalue weighted by molar-refractivity contribution is 0.485. The van der Waals surface area contributed by atoms with E-state index in [1.807, 2.05) is 0 Å². The minimum Gasteiger partial charge on any atom is -0.425 e. The molecule has 2 rings (SSSR count). The van der Waals surface area contributed by atoms with Crippen molar-refractivity contribution in [1.29, 1.82) is 0 Å². The average molecular weight is 263 g/mol. The molecule has 0 aliphatic carbocycles. The number of aromatic nitrogens is 2. The van der Waals surface area contributed by atoms with Crippen LogP contribution in [0.4, 0.5) is 0 Å². The van der Waals surface area contributed by atoms with E-state index in [9.17, 15) is 0 Å². The molecule has 0 aliphatic heterocycles. The van der Waals surface area contributed by atoms with Crippen molar-refractivity contribution in [1.82, 2.24) is 15.5 Å². The number of hydrogen-bond acceptors (Lipinski definition) is 5. The summed E-state index contributed by atoms with van der Waals surface area (Å²) in [5.41, 5.74) is 1.29. The highest BCUT2D eigenvalue weighted by molar-refractivity contribution is 7.98. The highest BCUT2D eigenvalue weighted by Gasteiger charge is 2.03. The summed E-state index contributed by atoms with van der Waals surface area (Å²) in [6, 6.07) is 8.50. The minimum atomic E-state index is 0.617. The Morgan fingerprint density at radius 2 is 2.22 bits per heavy atom. The third-order valence-electron chi connectivity index (χ3n) is 2.41. The van der Waals surface area contributed by atoms with Crippen molar-refractivity contribution in [2.45, 2.75) is 31.0 Å². The largest absolute Gasteiger partial charge is 0.425 e. The molecule has 96 valence electrons. The van der Waals surface area contributed by atoms with Crippen molar-refractivity contribution in [2.75, 3.05) is 6.54 Å². The first-order valence-electron chi connectivity index (χ1n) is 5.99. The molecule has 1 N–H and O–H groups in total. The third kappa shape index (κ3) is 3.85. The van der Waals surface area contributed by atoms with Crippen molar-refractivity contribution in [3.8, 4) is 0 Å². The Kier molecular flexibility index (Phi) is 4.78. The zero-order chi connectivity index (χ0) is 12.8. The van der Waals surface area contributed by atoms with Gasteiger partial charge in [-0.25, -0.2) is 0 Å². The van der Waals surface area contributed by atoms with Gasteiger partial charge in [0.25, 0.3) is 0 Å². The topological polar surface area (TPSA) is 51.0 Å². The maximum absolute atomic E-state index is 5.34. The van der Waals surface area contributed by atoms with Gasteiger partial charge in [-0.15, -0.1) is 22.0 Å². The Morgan fingerprint density at radius 3 is 2.94 bits per heavy atom. The van der Waals surface area contributed by atoms with Crippen molar-refractivity contribution >= 4 is 11.8 Å². The summed E-state index contributed by atoms with van der Waals surface area (Å²) < 4.78 is 5.34. The fraction of sp³-hybridized carbons (Fsp3) is 0.385. The predicted molar refractivity (Wildman–Crippen MR) is 72.4 cm³/mol. The van der Waals surface area contributed by atoms with Crippen LogP contribution in [0.3, 0.4) is 0 Å². The SMILES string of the molecule is CCNCc1cccc(SCc2nnc(C)o2)c1. The molecule has 1 aromatic heterocycles. The first-order valence-corrected chi connectivity index (χ1v) is 6.98. The fourth-order valence-corrected chi connectivity index (χ4v) is 2.37. The summed E-state index contributed by atoms with van der Waals surface area (Å²) in [5, 5.41) is 11.1. The molecule has 0 saturated heterocycles. The van der Waals surface area contributed by atoms with Crippen LogP contribution in [-0.4, -0.2) is 16.7 Å². The molecule has 0 amide bonds. The smallest absolute Gasteiger partial charge is 0.226 e. The van der Waals surface area contributed by atoms with E-state index < -0.39 is 0 Å². The lowest BCUT2D eigenvalue weighted by atomic mass is 10.2. The van der Waals surface area contributed by atoms with E-state index in [-0.39, 0.29) is 0 Å². The highest BCUT2D eigenvalue weighted by atomic mass is 32.2. The van der Waals surface area contributed by atoms with Gasteiger partial charge in [0, 0.05) is 18.4 Å². The molecule has 1 aromatic carbocycles. The second-order valence-corrected chi connectivity index (χ2v) is 4.98. The van der Waals surface area contributed by atoms with E-state index in [1.165, 1.54) is 10.5 Å². The lowest BCUT2D eigenvalue weighted by Crippen LogP contribution is -2.11. The van der Waals surface area contributed by atoms with Gasteiger partial charge in [0.05, 0.1) is 5.75 Å². The molecule has 0 aliphatic rings. The molecule has 1 heterocycles. The summed E-state index contributed by atoms with van der Waals surface area (Å²) in [4.78, 5) is 1.22. The van der Waals surface area contributed by atoms with Gasteiger partial charge in [-0.3, -0.25) is 0 Å². The molecule has 5 heteroatoms. The van der Waals surface area contributed by atoms with Gasteiger partial charge < -0.3 is 9.73 Å². The van der Waals surface area contributed by atoms with Crippen LogP contribution in [0, 0.1) is 6.92 Å². The first kappa shape index (κ1) is 13.1. The number of thioether (sulfide) groups is 1. The second-order valence-electron chi connectivity index (χ2n) is 3.93. The summed E-state index contributed by atoms with van der Waals surface area (Å²) in [5.74, 6) is 2.01. The molecule has 0 spiro atoms. The molecular formula is C13H17N3OS. The fourth-order valence-electron chi connectivity index (χ4n) is 1.56. The molecule has 4 nitrogen and oxygen atoms in total. The van der Waals surface area contributed by atoms with Crippen LogP contribution >= 0.6 is 11.8 Å². The Hall–Kier alpha value is -1.33. The quantitative estimate of drug-likeness (QED) is 0.812. The molecule has 0 unspecified atom stereocenters. The number of nitrogens with zero attached hydrogens (tertiary/aromatic N) is 2. The molecule has 0 saturated carbocycles. The maximum Gasteiger partial charge on any atom is 0.226 e. The average Bonchev–Trinajstić information content (AvgIpc) is 2.80. The second kappa shape index (κ2) is 6.56. The Morgan fingerprint density at radius 1 is 1.33 bits per heavy atom. The molecule has 0 bridgehead atoms. The van der Waals surface area contributed by atoms with E-state index in [0.29, 0.717) is 17.5 Å². The maximum atomic E-state index is 5.34. The van der Waals surface area contributed by atoms with E-state index in [4.69, 9.17) is 4.42 Å². The number of nitrogens with one attached hydrogen (secondary N) is 1. The van der Waals surface area contributed by atoms with E-state index in [2.05, 4.69) is 46.7 Å². The molecule has 0 radical (unpaired) electrons. The molecular weight excluding hydrogens is 246 g/mol. The van der Waals surface area contributed by atoms with Gasteiger partial charge in [0.15, 0.2) is 0 Å². The van der Waals surface area contributed by atoms with Gasteiger partial charge in [0.1, 0.15) is 0 Å². The van der Waals surface area contributed by atoms with E-state index in [0.717, 1.165) is 13.1 Å². The number of aryl methyl sites for hydroxylation is 1. The molecule has 2 aromatic rings. The van der Waals surface area contributed by atoms with Gasteiger partial charge in [0.2, 0.25) is 11.8 Å². The number of benzene rings is 1. The van der Waals surface area contributed by atoms with Crippen molar-refractivity contribution in [3.63, 3.8) is 0 Å².